The van der Waals surface area contributed by atoms with Crippen LogP contribution in [0.3, 0.4) is 0 Å². The lowest BCUT2D eigenvalue weighted by Crippen LogP contribution is -2.37. The second-order valence-corrected chi connectivity index (χ2v) is 6.08. The summed E-state index contributed by atoms with van der Waals surface area (Å²) < 4.78 is 5.99. The van der Waals surface area contributed by atoms with E-state index >= 15 is 0 Å². The maximum Gasteiger partial charge on any atom is 0.103 e. The van der Waals surface area contributed by atoms with Gasteiger partial charge in [-0.05, 0) is 52.0 Å². The number of unbranched alkanes of at least 4 members (excludes halogenated alkanes) is 1. The quantitative estimate of drug-likeness (QED) is 0.682. The molecular formula is C16H30N2O. The molecule has 3 atom stereocenters. The van der Waals surface area contributed by atoms with E-state index in [2.05, 4.69) is 18.3 Å². The van der Waals surface area contributed by atoms with Gasteiger partial charge in [-0.15, -0.1) is 0 Å². The molecule has 0 aromatic heterocycles. The van der Waals surface area contributed by atoms with E-state index in [1.54, 1.807) is 0 Å². The monoisotopic (exact) mass is 266 g/mol. The molecule has 0 aromatic rings. The first-order valence-corrected chi connectivity index (χ1v) is 7.85. The number of nitrogens with one attached hydrogen (secondary N) is 1. The summed E-state index contributed by atoms with van der Waals surface area (Å²) in [7, 11) is 1.85. The van der Waals surface area contributed by atoms with E-state index in [0.29, 0.717) is 6.10 Å². The smallest absolute Gasteiger partial charge is 0.103 e. The standard InChI is InChI=1S/C16H30N2O/c1-4-14-8-7-9-15(12-14)19-11-6-5-10-16(2,13-17)18-3/h14-15,18H,4-12H2,1-3H3. The Hall–Kier alpha value is -0.590. The Morgan fingerprint density at radius 2 is 2.16 bits per heavy atom. The molecule has 3 unspecified atom stereocenters. The minimum atomic E-state index is -0.377. The molecule has 0 bridgehead atoms. The predicted molar refractivity (Wildman–Crippen MR) is 78.9 cm³/mol. The highest BCUT2D eigenvalue weighted by atomic mass is 16.5. The molecule has 0 aliphatic heterocycles. The Bertz CT molecular complexity index is 287. The lowest BCUT2D eigenvalue weighted by atomic mass is 9.85. The van der Waals surface area contributed by atoms with Gasteiger partial charge >= 0.3 is 0 Å². The normalized spacial score (nSPS) is 26.6. The van der Waals surface area contributed by atoms with Gasteiger partial charge < -0.3 is 10.1 Å². The molecule has 1 N–H and O–H groups in total. The van der Waals surface area contributed by atoms with Crippen molar-refractivity contribution in [2.24, 2.45) is 5.92 Å². The Balaban J connectivity index is 2.09. The molecule has 3 heteroatoms. The van der Waals surface area contributed by atoms with Crippen molar-refractivity contribution in [2.75, 3.05) is 13.7 Å². The maximum absolute atomic E-state index is 9.06. The summed E-state index contributed by atoms with van der Waals surface area (Å²) in [5.41, 5.74) is -0.377. The minimum Gasteiger partial charge on any atom is -0.378 e. The second kappa shape index (κ2) is 8.55. The second-order valence-electron chi connectivity index (χ2n) is 6.08. The number of hydrogen-bond donors (Lipinski definition) is 1. The summed E-state index contributed by atoms with van der Waals surface area (Å²) in [6.45, 7) is 5.10. The Morgan fingerprint density at radius 1 is 1.37 bits per heavy atom. The van der Waals surface area contributed by atoms with Crippen molar-refractivity contribution in [2.45, 2.75) is 76.9 Å². The predicted octanol–water partition coefficient (Wildman–Crippen LogP) is 3.64. The van der Waals surface area contributed by atoms with Gasteiger partial charge in [-0.2, -0.15) is 5.26 Å². The number of nitriles is 1. The fourth-order valence-electron chi connectivity index (χ4n) is 2.83. The van der Waals surface area contributed by atoms with Crippen LogP contribution in [0.5, 0.6) is 0 Å². The lowest BCUT2D eigenvalue weighted by Gasteiger charge is -2.28. The summed E-state index contributed by atoms with van der Waals surface area (Å²) in [5, 5.41) is 12.1. The van der Waals surface area contributed by atoms with Gasteiger partial charge in [0.25, 0.3) is 0 Å². The van der Waals surface area contributed by atoms with E-state index in [4.69, 9.17) is 10.00 Å². The average molecular weight is 266 g/mol. The molecule has 19 heavy (non-hydrogen) atoms. The van der Waals surface area contributed by atoms with Crippen molar-refractivity contribution in [1.29, 1.82) is 5.26 Å². The molecule has 3 nitrogen and oxygen atoms in total. The Kier molecular flexibility index (Phi) is 7.41. The fourth-order valence-corrected chi connectivity index (χ4v) is 2.83. The van der Waals surface area contributed by atoms with Crippen LogP contribution in [0, 0.1) is 17.2 Å². The van der Waals surface area contributed by atoms with Gasteiger partial charge in [-0.25, -0.2) is 0 Å². The molecule has 0 heterocycles. The van der Waals surface area contributed by atoms with Crippen LogP contribution in [-0.2, 0) is 4.74 Å². The zero-order valence-electron chi connectivity index (χ0n) is 12.9. The van der Waals surface area contributed by atoms with E-state index in [1.807, 2.05) is 14.0 Å². The number of rotatable bonds is 8. The van der Waals surface area contributed by atoms with E-state index in [0.717, 1.165) is 31.8 Å². The molecular weight excluding hydrogens is 236 g/mol. The summed E-state index contributed by atoms with van der Waals surface area (Å²) in [5.74, 6) is 0.880. The highest BCUT2D eigenvalue weighted by molar-refractivity contribution is 5.02. The summed E-state index contributed by atoms with van der Waals surface area (Å²) >= 11 is 0. The largest absolute Gasteiger partial charge is 0.378 e. The molecule has 1 fully saturated rings. The highest BCUT2D eigenvalue weighted by Gasteiger charge is 2.22. The van der Waals surface area contributed by atoms with Crippen LogP contribution >= 0.6 is 0 Å². The molecule has 1 aliphatic rings. The van der Waals surface area contributed by atoms with Crippen LogP contribution in [-0.4, -0.2) is 25.3 Å². The zero-order valence-corrected chi connectivity index (χ0v) is 12.9. The van der Waals surface area contributed by atoms with Crippen molar-refractivity contribution < 1.29 is 4.74 Å². The van der Waals surface area contributed by atoms with Crippen molar-refractivity contribution in [3.05, 3.63) is 0 Å². The van der Waals surface area contributed by atoms with Crippen LogP contribution < -0.4 is 5.32 Å². The first-order chi connectivity index (χ1) is 9.13. The molecule has 1 rings (SSSR count). The molecule has 110 valence electrons. The van der Waals surface area contributed by atoms with Crippen LogP contribution in [0.4, 0.5) is 0 Å². The first-order valence-electron chi connectivity index (χ1n) is 7.85. The topological polar surface area (TPSA) is 45.0 Å². The third-order valence-corrected chi connectivity index (χ3v) is 4.54. The number of ether oxygens (including phenoxy) is 1. The fraction of sp³-hybridized carbons (Fsp3) is 0.938. The molecule has 1 aliphatic carbocycles. The van der Waals surface area contributed by atoms with Gasteiger partial charge in [0.2, 0.25) is 0 Å². The van der Waals surface area contributed by atoms with Crippen LogP contribution in [0.1, 0.15) is 65.2 Å². The van der Waals surface area contributed by atoms with Crippen molar-refractivity contribution in [3.63, 3.8) is 0 Å². The van der Waals surface area contributed by atoms with Gasteiger partial charge in [0.05, 0.1) is 12.2 Å². The van der Waals surface area contributed by atoms with Crippen molar-refractivity contribution >= 4 is 0 Å². The number of hydrogen-bond acceptors (Lipinski definition) is 3. The van der Waals surface area contributed by atoms with Gasteiger partial charge in [0.15, 0.2) is 0 Å². The minimum absolute atomic E-state index is 0.377. The number of nitrogens with zero attached hydrogens (tertiary/aromatic N) is 1. The highest BCUT2D eigenvalue weighted by Crippen LogP contribution is 2.28. The maximum atomic E-state index is 9.06. The Morgan fingerprint density at radius 3 is 2.79 bits per heavy atom. The molecule has 0 saturated heterocycles. The van der Waals surface area contributed by atoms with Gasteiger partial charge in [-0.1, -0.05) is 26.2 Å². The van der Waals surface area contributed by atoms with Crippen LogP contribution in [0.15, 0.2) is 0 Å². The van der Waals surface area contributed by atoms with Crippen molar-refractivity contribution in [1.82, 2.24) is 5.32 Å². The third kappa shape index (κ3) is 5.93. The molecule has 1 saturated carbocycles. The van der Waals surface area contributed by atoms with Crippen LogP contribution in [0.25, 0.3) is 0 Å². The van der Waals surface area contributed by atoms with E-state index in [9.17, 15) is 0 Å². The third-order valence-electron chi connectivity index (χ3n) is 4.54. The van der Waals surface area contributed by atoms with Crippen LogP contribution in [0.2, 0.25) is 0 Å². The average Bonchev–Trinajstić information content (AvgIpc) is 2.47. The summed E-state index contributed by atoms with van der Waals surface area (Å²) in [6, 6.07) is 2.33. The first kappa shape index (κ1) is 16.5. The molecule has 0 radical (unpaired) electrons. The molecule has 0 spiro atoms. The van der Waals surface area contributed by atoms with Crippen molar-refractivity contribution in [3.8, 4) is 6.07 Å². The SMILES string of the molecule is CCC1CCCC(OCCCCC(C)(C#N)NC)C1. The Labute approximate surface area is 118 Å². The van der Waals surface area contributed by atoms with E-state index in [-0.39, 0.29) is 5.54 Å². The van der Waals surface area contributed by atoms with Gasteiger partial charge in [-0.3, -0.25) is 0 Å². The lowest BCUT2D eigenvalue weighted by molar-refractivity contribution is 0.0104. The summed E-state index contributed by atoms with van der Waals surface area (Å²) in [4.78, 5) is 0. The van der Waals surface area contributed by atoms with Gasteiger partial charge in [0, 0.05) is 6.61 Å². The molecule has 0 amide bonds. The van der Waals surface area contributed by atoms with E-state index < -0.39 is 0 Å². The van der Waals surface area contributed by atoms with Gasteiger partial charge in [0.1, 0.15) is 5.54 Å². The summed E-state index contributed by atoms with van der Waals surface area (Å²) in [6.07, 6.45) is 10.0. The molecule has 0 aromatic carbocycles. The zero-order chi connectivity index (χ0) is 14.1. The van der Waals surface area contributed by atoms with E-state index in [1.165, 1.54) is 32.1 Å².